The summed E-state index contributed by atoms with van der Waals surface area (Å²) in [5.74, 6) is 1.23. The zero-order valence-electron chi connectivity index (χ0n) is 12.3. The Kier molecular flexibility index (Phi) is 3.51. The highest BCUT2D eigenvalue weighted by Crippen LogP contribution is 2.39. The van der Waals surface area contributed by atoms with Gasteiger partial charge in [-0.25, -0.2) is 5.01 Å². The largest absolute Gasteiger partial charge is 0.454 e. The average molecular weight is 329 g/mol. The Morgan fingerprint density at radius 3 is 3.00 bits per heavy atom. The minimum absolute atomic E-state index is 0.0672. The maximum atomic E-state index is 12.2. The third kappa shape index (κ3) is 2.47. The third-order valence-electron chi connectivity index (χ3n) is 3.93. The van der Waals surface area contributed by atoms with Crippen molar-refractivity contribution >= 4 is 23.0 Å². The van der Waals surface area contributed by atoms with Gasteiger partial charge in [-0.15, -0.1) is 11.3 Å². The van der Waals surface area contributed by atoms with Crippen molar-refractivity contribution in [1.29, 1.82) is 0 Å². The van der Waals surface area contributed by atoms with Crippen LogP contribution in [0.3, 0.4) is 0 Å². The van der Waals surface area contributed by atoms with Gasteiger partial charge in [-0.3, -0.25) is 4.79 Å². The highest BCUT2D eigenvalue weighted by molar-refractivity contribution is 7.12. The third-order valence-corrected chi connectivity index (χ3v) is 4.85. The Hall–Kier alpha value is -2.38. The second-order valence-electron chi connectivity index (χ2n) is 5.30. The van der Waals surface area contributed by atoms with Crippen LogP contribution in [0.2, 0.25) is 0 Å². The van der Waals surface area contributed by atoms with Crippen LogP contribution in [0, 0.1) is 0 Å². The molecule has 0 saturated heterocycles. The molecule has 2 aromatic rings. The molecule has 1 aromatic heterocycles. The molecule has 1 amide bonds. The van der Waals surface area contributed by atoms with Crippen molar-refractivity contribution in [2.45, 2.75) is 12.5 Å². The first-order valence-electron chi connectivity index (χ1n) is 7.29. The second-order valence-corrected chi connectivity index (χ2v) is 6.25. The lowest BCUT2D eigenvalue weighted by atomic mass is 10.0. The van der Waals surface area contributed by atoms with Gasteiger partial charge in [0.2, 0.25) is 6.79 Å². The van der Waals surface area contributed by atoms with Crippen molar-refractivity contribution in [2.24, 2.45) is 10.8 Å². The number of hydrazone groups is 1. The van der Waals surface area contributed by atoms with E-state index in [0.717, 1.165) is 21.9 Å². The fourth-order valence-corrected chi connectivity index (χ4v) is 3.53. The zero-order chi connectivity index (χ0) is 15.8. The van der Waals surface area contributed by atoms with Crippen molar-refractivity contribution in [1.82, 2.24) is 5.01 Å². The van der Waals surface area contributed by atoms with Gasteiger partial charge in [-0.1, -0.05) is 12.1 Å². The van der Waals surface area contributed by atoms with E-state index >= 15 is 0 Å². The number of rotatable bonds is 3. The second kappa shape index (κ2) is 5.68. The first-order chi connectivity index (χ1) is 11.3. The fraction of sp³-hybridized carbons (Fsp3) is 0.250. The van der Waals surface area contributed by atoms with E-state index in [1.807, 2.05) is 35.7 Å². The quantitative estimate of drug-likeness (QED) is 0.935. The Morgan fingerprint density at radius 2 is 2.22 bits per heavy atom. The lowest BCUT2D eigenvalue weighted by Crippen LogP contribution is -2.32. The lowest BCUT2D eigenvalue weighted by Gasteiger charge is -2.21. The first-order valence-corrected chi connectivity index (χ1v) is 8.17. The van der Waals surface area contributed by atoms with Crippen molar-refractivity contribution in [3.05, 3.63) is 46.2 Å². The molecule has 3 heterocycles. The molecule has 1 aromatic carbocycles. The molecule has 7 heteroatoms. The lowest BCUT2D eigenvalue weighted by molar-refractivity contribution is -0.131. The van der Waals surface area contributed by atoms with E-state index in [-0.39, 0.29) is 25.3 Å². The molecule has 2 aliphatic heterocycles. The van der Waals surface area contributed by atoms with Gasteiger partial charge in [-0.05, 0) is 29.1 Å². The van der Waals surface area contributed by atoms with E-state index in [4.69, 9.17) is 15.2 Å². The normalized spacial score (nSPS) is 19.1. The molecule has 0 saturated carbocycles. The SMILES string of the molecule is NCC(=O)N1N=C(c2cccs2)CC1c1ccc2c(c1)OCO2. The molecule has 2 N–H and O–H groups in total. The van der Waals surface area contributed by atoms with Gasteiger partial charge in [0, 0.05) is 6.42 Å². The molecule has 23 heavy (non-hydrogen) atoms. The zero-order valence-corrected chi connectivity index (χ0v) is 13.1. The van der Waals surface area contributed by atoms with Crippen LogP contribution >= 0.6 is 11.3 Å². The fourth-order valence-electron chi connectivity index (χ4n) is 2.81. The van der Waals surface area contributed by atoms with E-state index in [0.29, 0.717) is 12.2 Å². The van der Waals surface area contributed by atoms with Gasteiger partial charge in [0.05, 0.1) is 23.2 Å². The number of fused-ring (bicyclic) bond motifs is 1. The monoisotopic (exact) mass is 329 g/mol. The summed E-state index contributed by atoms with van der Waals surface area (Å²) in [7, 11) is 0. The molecule has 2 aliphatic rings. The Balaban J connectivity index is 1.68. The van der Waals surface area contributed by atoms with Gasteiger partial charge in [0.1, 0.15) is 0 Å². The highest BCUT2D eigenvalue weighted by atomic mass is 32.1. The molecule has 1 atom stereocenters. The van der Waals surface area contributed by atoms with E-state index in [1.165, 1.54) is 5.01 Å². The van der Waals surface area contributed by atoms with Crippen LogP contribution in [0.25, 0.3) is 0 Å². The Morgan fingerprint density at radius 1 is 1.35 bits per heavy atom. The summed E-state index contributed by atoms with van der Waals surface area (Å²) in [4.78, 5) is 13.3. The Labute approximate surface area is 137 Å². The van der Waals surface area contributed by atoms with Crippen LogP contribution in [0.1, 0.15) is 22.9 Å². The van der Waals surface area contributed by atoms with Crippen molar-refractivity contribution < 1.29 is 14.3 Å². The number of benzene rings is 1. The molecule has 0 radical (unpaired) electrons. The van der Waals surface area contributed by atoms with E-state index in [1.54, 1.807) is 11.3 Å². The van der Waals surface area contributed by atoms with Crippen LogP contribution in [-0.4, -0.2) is 30.0 Å². The molecular weight excluding hydrogens is 314 g/mol. The van der Waals surface area contributed by atoms with Gasteiger partial charge in [-0.2, -0.15) is 5.10 Å². The number of nitrogens with zero attached hydrogens (tertiary/aromatic N) is 2. The molecule has 1 unspecified atom stereocenters. The van der Waals surface area contributed by atoms with Crippen LogP contribution < -0.4 is 15.2 Å². The summed E-state index contributed by atoms with van der Waals surface area (Å²) >= 11 is 1.61. The molecule has 0 aliphatic carbocycles. The van der Waals surface area contributed by atoms with Crippen molar-refractivity contribution in [3.8, 4) is 11.5 Å². The number of ether oxygens (including phenoxy) is 2. The van der Waals surface area contributed by atoms with Crippen molar-refractivity contribution in [2.75, 3.05) is 13.3 Å². The van der Waals surface area contributed by atoms with Gasteiger partial charge in [0.15, 0.2) is 11.5 Å². The number of hydrogen-bond donors (Lipinski definition) is 1. The summed E-state index contributed by atoms with van der Waals surface area (Å²) in [6.07, 6.45) is 0.659. The predicted octanol–water partition coefficient (Wildman–Crippen LogP) is 2.11. The summed E-state index contributed by atoms with van der Waals surface area (Å²) in [5.41, 5.74) is 7.42. The molecule has 4 rings (SSSR count). The summed E-state index contributed by atoms with van der Waals surface area (Å²) < 4.78 is 10.8. The van der Waals surface area contributed by atoms with E-state index in [9.17, 15) is 4.79 Å². The number of thiophene rings is 1. The maximum absolute atomic E-state index is 12.2. The number of carbonyl (C=O) groups is 1. The Bertz CT molecular complexity index is 773. The molecular formula is C16H15N3O3S. The predicted molar refractivity (Wildman–Crippen MR) is 86.7 cm³/mol. The molecule has 6 nitrogen and oxygen atoms in total. The number of hydrogen-bond acceptors (Lipinski definition) is 6. The maximum Gasteiger partial charge on any atom is 0.256 e. The topological polar surface area (TPSA) is 77.2 Å². The van der Waals surface area contributed by atoms with Gasteiger partial charge in [0.25, 0.3) is 5.91 Å². The minimum Gasteiger partial charge on any atom is -0.454 e. The van der Waals surface area contributed by atoms with Crippen LogP contribution in [0.5, 0.6) is 11.5 Å². The molecule has 118 valence electrons. The summed E-state index contributed by atoms with van der Waals surface area (Å²) in [6, 6.07) is 9.55. The number of nitrogens with two attached hydrogens (primary N) is 1. The van der Waals surface area contributed by atoms with Crippen LogP contribution in [0.4, 0.5) is 0 Å². The summed E-state index contributed by atoms with van der Waals surface area (Å²) in [5, 5.41) is 8.00. The highest BCUT2D eigenvalue weighted by Gasteiger charge is 2.33. The van der Waals surface area contributed by atoms with E-state index in [2.05, 4.69) is 5.10 Å². The standard InChI is InChI=1S/C16H15N3O3S/c17-8-16(20)19-12(7-11(18-19)15-2-1-5-23-15)10-3-4-13-14(6-10)22-9-21-13/h1-6,12H,7-9,17H2. The smallest absolute Gasteiger partial charge is 0.256 e. The first kappa shape index (κ1) is 14.2. The van der Waals surface area contributed by atoms with Crippen molar-refractivity contribution in [3.63, 3.8) is 0 Å². The van der Waals surface area contributed by atoms with Crippen LogP contribution in [-0.2, 0) is 4.79 Å². The molecule has 0 spiro atoms. The van der Waals surface area contributed by atoms with E-state index < -0.39 is 0 Å². The molecule has 0 bridgehead atoms. The average Bonchev–Trinajstić information content (AvgIpc) is 3.31. The summed E-state index contributed by atoms with van der Waals surface area (Å²) in [6.45, 7) is 0.161. The molecule has 0 fully saturated rings. The number of amides is 1. The van der Waals surface area contributed by atoms with Gasteiger partial charge < -0.3 is 15.2 Å². The van der Waals surface area contributed by atoms with Crippen LogP contribution in [0.15, 0.2) is 40.8 Å². The minimum atomic E-state index is -0.195. The van der Waals surface area contributed by atoms with Gasteiger partial charge >= 0.3 is 0 Å². The number of carbonyl (C=O) groups excluding carboxylic acids is 1.